The summed E-state index contributed by atoms with van der Waals surface area (Å²) in [6, 6.07) is 0. The Bertz CT molecular complexity index is 225. The topological polar surface area (TPSA) is 46.5 Å². The highest BCUT2D eigenvalue weighted by molar-refractivity contribution is 8.00. The smallest absolute Gasteiger partial charge is 0.313 e. The molecule has 1 aliphatic carbocycles. The molecule has 1 atom stereocenters. The van der Waals surface area contributed by atoms with Crippen LogP contribution in [0.5, 0.6) is 0 Å². The van der Waals surface area contributed by atoms with Gasteiger partial charge in [0.05, 0.1) is 11.4 Å². The number of ether oxygens (including phenoxy) is 1. The fraction of sp³-hybridized carbons (Fsp3) is 0.900. The van der Waals surface area contributed by atoms with Crippen molar-refractivity contribution in [3.8, 4) is 0 Å². The summed E-state index contributed by atoms with van der Waals surface area (Å²) in [6.07, 6.45) is 5.70. The van der Waals surface area contributed by atoms with Gasteiger partial charge in [-0.15, -0.1) is 11.8 Å². The van der Waals surface area contributed by atoms with E-state index >= 15 is 0 Å². The molecule has 0 aromatic carbocycles. The van der Waals surface area contributed by atoms with Gasteiger partial charge in [0.25, 0.3) is 0 Å². The van der Waals surface area contributed by atoms with E-state index in [2.05, 4.69) is 0 Å². The van der Waals surface area contributed by atoms with Crippen LogP contribution in [0.1, 0.15) is 32.1 Å². The minimum absolute atomic E-state index is 0.147. The van der Waals surface area contributed by atoms with Crippen LogP contribution in [0.4, 0.5) is 0 Å². The average Bonchev–Trinajstić information content (AvgIpc) is 2.13. The van der Waals surface area contributed by atoms with Gasteiger partial charge in [0, 0.05) is 11.9 Å². The van der Waals surface area contributed by atoms with E-state index in [-0.39, 0.29) is 11.4 Å². The Labute approximate surface area is 88.2 Å². The lowest BCUT2D eigenvalue weighted by Crippen LogP contribution is -2.46. The molecule has 0 aromatic rings. The molecule has 1 spiro atoms. The predicted octanol–water partition coefficient (Wildman–Crippen LogP) is 1.91. The molecular formula is C10H16O3S. The van der Waals surface area contributed by atoms with E-state index in [4.69, 9.17) is 9.84 Å². The Kier molecular flexibility index (Phi) is 3.02. The second-order valence-electron chi connectivity index (χ2n) is 4.20. The average molecular weight is 216 g/mol. The largest absolute Gasteiger partial charge is 0.481 e. The zero-order valence-corrected chi connectivity index (χ0v) is 9.02. The molecule has 2 rings (SSSR count). The maximum Gasteiger partial charge on any atom is 0.313 e. The van der Waals surface area contributed by atoms with Gasteiger partial charge in [-0.1, -0.05) is 0 Å². The molecule has 2 aliphatic rings. The van der Waals surface area contributed by atoms with Crippen molar-refractivity contribution < 1.29 is 14.6 Å². The fourth-order valence-electron chi connectivity index (χ4n) is 2.23. The third-order valence-corrected chi connectivity index (χ3v) is 4.44. The fourth-order valence-corrected chi connectivity index (χ4v) is 3.30. The molecule has 0 bridgehead atoms. The highest BCUT2D eigenvalue weighted by atomic mass is 32.2. The molecule has 3 nitrogen and oxygen atoms in total. The minimum atomic E-state index is -0.704. The third-order valence-electron chi connectivity index (χ3n) is 3.16. The summed E-state index contributed by atoms with van der Waals surface area (Å²) in [5, 5.41) is 9.09. The lowest BCUT2D eigenvalue weighted by molar-refractivity contribution is -0.134. The quantitative estimate of drug-likeness (QED) is 0.782. The van der Waals surface area contributed by atoms with Gasteiger partial charge >= 0.3 is 5.97 Å². The summed E-state index contributed by atoms with van der Waals surface area (Å²) >= 11 is 1.58. The highest BCUT2D eigenvalue weighted by Gasteiger charge is 2.42. The maximum atomic E-state index is 10.4. The molecule has 1 saturated carbocycles. The van der Waals surface area contributed by atoms with Gasteiger partial charge in [-0.2, -0.15) is 0 Å². The van der Waals surface area contributed by atoms with Gasteiger partial charge in [-0.25, -0.2) is 0 Å². The van der Waals surface area contributed by atoms with E-state index in [9.17, 15) is 4.79 Å². The van der Waals surface area contributed by atoms with E-state index in [0.717, 1.165) is 19.4 Å². The monoisotopic (exact) mass is 216 g/mol. The lowest BCUT2D eigenvalue weighted by atomic mass is 9.75. The molecule has 0 aromatic heterocycles. The van der Waals surface area contributed by atoms with Gasteiger partial charge in [-0.3, -0.25) is 4.79 Å². The van der Waals surface area contributed by atoms with Crippen LogP contribution in [0.3, 0.4) is 0 Å². The normalized spacial score (nSPS) is 29.9. The molecule has 80 valence electrons. The van der Waals surface area contributed by atoms with Crippen LogP contribution in [0, 0.1) is 0 Å². The van der Waals surface area contributed by atoms with E-state index in [1.165, 1.54) is 19.3 Å². The second-order valence-corrected chi connectivity index (χ2v) is 5.49. The molecular weight excluding hydrogens is 200 g/mol. The van der Waals surface area contributed by atoms with Crippen molar-refractivity contribution in [2.45, 2.75) is 43.0 Å². The molecule has 1 N–H and O–H groups in total. The zero-order chi connectivity index (χ0) is 10.0. The van der Waals surface area contributed by atoms with Crippen molar-refractivity contribution in [1.82, 2.24) is 0 Å². The maximum absolute atomic E-state index is 10.4. The molecule has 4 heteroatoms. The molecule has 14 heavy (non-hydrogen) atoms. The van der Waals surface area contributed by atoms with E-state index in [1.807, 2.05) is 0 Å². The van der Waals surface area contributed by atoms with Crippen molar-refractivity contribution in [1.29, 1.82) is 0 Å². The van der Waals surface area contributed by atoms with Gasteiger partial charge in [-0.05, 0) is 32.1 Å². The van der Waals surface area contributed by atoms with Crippen molar-refractivity contribution in [2.75, 3.05) is 12.4 Å². The Morgan fingerprint density at radius 2 is 2.36 bits per heavy atom. The number of carboxylic acids is 1. The van der Waals surface area contributed by atoms with Crippen molar-refractivity contribution in [2.24, 2.45) is 0 Å². The second kappa shape index (κ2) is 4.11. The van der Waals surface area contributed by atoms with Crippen LogP contribution in [0.15, 0.2) is 0 Å². The van der Waals surface area contributed by atoms with E-state index in [1.54, 1.807) is 11.8 Å². The molecule has 1 saturated heterocycles. The van der Waals surface area contributed by atoms with Crippen LogP contribution in [-0.4, -0.2) is 34.3 Å². The molecule has 1 unspecified atom stereocenters. The molecule has 1 aliphatic heterocycles. The molecule has 1 heterocycles. The Morgan fingerprint density at radius 3 is 2.93 bits per heavy atom. The van der Waals surface area contributed by atoms with Crippen LogP contribution >= 0.6 is 11.8 Å². The van der Waals surface area contributed by atoms with Crippen molar-refractivity contribution in [3.05, 3.63) is 0 Å². The summed E-state index contributed by atoms with van der Waals surface area (Å²) in [5.74, 6) is -0.468. The highest BCUT2D eigenvalue weighted by Crippen LogP contribution is 2.44. The van der Waals surface area contributed by atoms with Crippen molar-refractivity contribution in [3.63, 3.8) is 0 Å². The standard InChI is InChI=1S/C10H16O3S/c11-9(12)7-14-8-2-5-13-10(6-8)3-1-4-10/h8H,1-7H2,(H,11,12). The number of carboxylic acid groups (broad SMARTS) is 1. The number of hydrogen-bond acceptors (Lipinski definition) is 3. The van der Waals surface area contributed by atoms with Gasteiger partial charge in [0.2, 0.25) is 0 Å². The summed E-state index contributed by atoms with van der Waals surface area (Å²) in [4.78, 5) is 10.4. The predicted molar refractivity (Wildman–Crippen MR) is 55.6 cm³/mol. The first-order valence-electron chi connectivity index (χ1n) is 5.18. The van der Waals surface area contributed by atoms with Crippen LogP contribution in [-0.2, 0) is 9.53 Å². The van der Waals surface area contributed by atoms with Gasteiger partial charge in [0.15, 0.2) is 0 Å². The molecule has 2 fully saturated rings. The summed E-state index contributed by atoms with van der Waals surface area (Å²) < 4.78 is 5.78. The SMILES string of the molecule is O=C(O)CSC1CCOC2(CCC2)C1. The number of carbonyl (C=O) groups is 1. The van der Waals surface area contributed by atoms with Gasteiger partial charge < -0.3 is 9.84 Å². The molecule has 0 amide bonds. The first kappa shape index (κ1) is 10.3. The Balaban J connectivity index is 1.79. The van der Waals surface area contributed by atoms with E-state index < -0.39 is 5.97 Å². The van der Waals surface area contributed by atoms with E-state index in [0.29, 0.717) is 5.25 Å². The van der Waals surface area contributed by atoms with Crippen molar-refractivity contribution >= 4 is 17.7 Å². The number of aliphatic carboxylic acids is 1. The lowest BCUT2D eigenvalue weighted by Gasteiger charge is -2.47. The minimum Gasteiger partial charge on any atom is -0.481 e. The number of hydrogen-bond donors (Lipinski definition) is 1. The summed E-state index contributed by atoms with van der Waals surface area (Å²) in [7, 11) is 0. The van der Waals surface area contributed by atoms with Crippen LogP contribution in [0.2, 0.25) is 0 Å². The molecule has 0 radical (unpaired) electrons. The van der Waals surface area contributed by atoms with Crippen LogP contribution in [0.25, 0.3) is 0 Å². The first-order valence-corrected chi connectivity index (χ1v) is 6.22. The first-order chi connectivity index (χ1) is 6.70. The number of thioether (sulfide) groups is 1. The number of rotatable bonds is 3. The summed E-state index contributed by atoms with van der Waals surface area (Å²) in [6.45, 7) is 0.817. The zero-order valence-electron chi connectivity index (χ0n) is 8.20. The Hall–Kier alpha value is -0.220. The van der Waals surface area contributed by atoms with Gasteiger partial charge in [0.1, 0.15) is 0 Å². The Morgan fingerprint density at radius 1 is 1.57 bits per heavy atom. The van der Waals surface area contributed by atoms with Crippen LogP contribution < -0.4 is 0 Å². The summed E-state index contributed by atoms with van der Waals surface area (Å²) in [5.41, 5.74) is 0.147. The third kappa shape index (κ3) is 2.23.